The van der Waals surface area contributed by atoms with Gasteiger partial charge in [0.25, 0.3) is 11.8 Å². The number of hydrogen-bond donors (Lipinski definition) is 3. The highest BCUT2D eigenvalue weighted by atomic mass is 16.3. The zero-order valence-corrected chi connectivity index (χ0v) is 17.2. The van der Waals surface area contributed by atoms with E-state index in [9.17, 15) is 14.7 Å². The van der Waals surface area contributed by atoms with E-state index in [4.69, 9.17) is 0 Å². The van der Waals surface area contributed by atoms with Crippen LogP contribution in [0.4, 0.5) is 0 Å². The summed E-state index contributed by atoms with van der Waals surface area (Å²) in [6, 6.07) is 18.7. The van der Waals surface area contributed by atoms with E-state index in [1.165, 1.54) is 18.0 Å². The van der Waals surface area contributed by atoms with Crippen LogP contribution in [-0.2, 0) is 24.2 Å². The van der Waals surface area contributed by atoms with Crippen molar-refractivity contribution in [3.8, 4) is 0 Å². The zero-order chi connectivity index (χ0) is 22.1. The lowest BCUT2D eigenvalue weighted by Crippen LogP contribution is -2.24. The number of carbonyl (C=O) groups excluding carboxylic acids is 2. The molecule has 2 aromatic carbocycles. The van der Waals surface area contributed by atoms with Crippen molar-refractivity contribution in [1.82, 2.24) is 20.6 Å². The van der Waals surface area contributed by atoms with Crippen molar-refractivity contribution in [2.45, 2.75) is 19.4 Å². The van der Waals surface area contributed by atoms with Crippen molar-refractivity contribution in [1.29, 1.82) is 0 Å². The summed E-state index contributed by atoms with van der Waals surface area (Å²) in [5.41, 5.74) is 3.73. The molecule has 7 nitrogen and oxygen atoms in total. The maximum atomic E-state index is 12.2. The Morgan fingerprint density at radius 1 is 0.968 bits per heavy atom. The molecular weight excluding hydrogens is 392 g/mol. The van der Waals surface area contributed by atoms with E-state index < -0.39 is 11.7 Å². The SMILES string of the molecule is CNC(=O)c1cccc(CNC(=O)/C(O)=C/c2cc(CCc3ccccc3)ncn2)c1. The zero-order valence-electron chi connectivity index (χ0n) is 17.2. The third kappa shape index (κ3) is 6.50. The van der Waals surface area contributed by atoms with E-state index in [1.54, 1.807) is 37.4 Å². The minimum atomic E-state index is -0.630. The molecule has 0 unspecified atom stereocenters. The van der Waals surface area contributed by atoms with Gasteiger partial charge < -0.3 is 15.7 Å². The first kappa shape index (κ1) is 21.7. The number of aryl methyl sites for hydroxylation is 2. The van der Waals surface area contributed by atoms with Crippen molar-refractivity contribution in [3.63, 3.8) is 0 Å². The number of benzene rings is 2. The highest BCUT2D eigenvalue weighted by molar-refractivity contribution is 5.95. The van der Waals surface area contributed by atoms with Crippen LogP contribution in [-0.4, -0.2) is 33.9 Å². The Kier molecular flexibility index (Phi) is 7.48. The molecule has 1 heterocycles. The molecule has 0 bridgehead atoms. The lowest BCUT2D eigenvalue weighted by Gasteiger charge is -2.07. The van der Waals surface area contributed by atoms with Crippen molar-refractivity contribution >= 4 is 17.9 Å². The van der Waals surface area contributed by atoms with Gasteiger partial charge in [0.15, 0.2) is 5.76 Å². The van der Waals surface area contributed by atoms with E-state index >= 15 is 0 Å². The second-order valence-electron chi connectivity index (χ2n) is 6.91. The minimum Gasteiger partial charge on any atom is -0.503 e. The predicted octanol–water partition coefficient (Wildman–Crippen LogP) is 2.84. The molecule has 3 N–H and O–H groups in total. The highest BCUT2D eigenvalue weighted by Crippen LogP contribution is 2.09. The average Bonchev–Trinajstić information content (AvgIpc) is 2.81. The molecule has 0 atom stereocenters. The molecule has 158 valence electrons. The topological polar surface area (TPSA) is 104 Å². The molecule has 3 aromatic rings. The second kappa shape index (κ2) is 10.7. The van der Waals surface area contributed by atoms with Gasteiger partial charge in [-0.25, -0.2) is 9.97 Å². The molecule has 2 amide bonds. The van der Waals surface area contributed by atoms with E-state index in [0.29, 0.717) is 11.3 Å². The van der Waals surface area contributed by atoms with Gasteiger partial charge in [0.2, 0.25) is 0 Å². The summed E-state index contributed by atoms with van der Waals surface area (Å²) >= 11 is 0. The second-order valence-corrected chi connectivity index (χ2v) is 6.91. The van der Waals surface area contributed by atoms with Gasteiger partial charge in [-0.15, -0.1) is 0 Å². The number of aromatic nitrogens is 2. The molecular formula is C24H24N4O3. The molecule has 0 fully saturated rings. The Morgan fingerprint density at radius 3 is 2.52 bits per heavy atom. The van der Waals surface area contributed by atoms with Crippen LogP contribution in [0.15, 0.2) is 72.8 Å². The Hall–Kier alpha value is -4.00. The van der Waals surface area contributed by atoms with Crippen molar-refractivity contribution in [2.24, 2.45) is 0 Å². The van der Waals surface area contributed by atoms with Crippen LogP contribution < -0.4 is 10.6 Å². The first-order chi connectivity index (χ1) is 15.0. The number of nitrogens with zero attached hydrogens (tertiary/aromatic N) is 2. The molecule has 0 radical (unpaired) electrons. The maximum Gasteiger partial charge on any atom is 0.286 e. The standard InChI is InChI=1S/C24H24N4O3/c1-25-23(30)19-9-5-8-18(12-19)15-26-24(31)22(29)14-21-13-20(27-16-28-21)11-10-17-6-3-2-4-7-17/h2-9,12-14,16,29H,10-11,15H2,1H3,(H,25,30)(H,26,31)/b22-14-. The first-order valence-corrected chi connectivity index (χ1v) is 9.90. The molecule has 3 rings (SSSR count). The molecule has 0 aliphatic carbocycles. The van der Waals surface area contributed by atoms with Crippen molar-refractivity contribution in [2.75, 3.05) is 7.05 Å². The Morgan fingerprint density at radius 2 is 1.74 bits per heavy atom. The Balaban J connectivity index is 1.59. The summed E-state index contributed by atoms with van der Waals surface area (Å²) in [6.45, 7) is 0.174. The molecule has 0 spiro atoms. The molecule has 0 aliphatic heterocycles. The van der Waals surface area contributed by atoms with Crippen LogP contribution >= 0.6 is 0 Å². The normalized spacial score (nSPS) is 11.1. The lowest BCUT2D eigenvalue weighted by atomic mass is 10.1. The molecule has 7 heteroatoms. The third-order valence-corrected chi connectivity index (χ3v) is 4.64. The van der Waals surface area contributed by atoms with E-state index in [-0.39, 0.29) is 12.5 Å². The van der Waals surface area contributed by atoms with Gasteiger partial charge in [0.1, 0.15) is 6.33 Å². The summed E-state index contributed by atoms with van der Waals surface area (Å²) in [4.78, 5) is 32.3. The van der Waals surface area contributed by atoms with Gasteiger partial charge in [-0.1, -0.05) is 42.5 Å². The quantitative estimate of drug-likeness (QED) is 0.387. The monoisotopic (exact) mass is 416 g/mol. The van der Waals surface area contributed by atoms with Crippen LogP contribution in [0.25, 0.3) is 6.08 Å². The fourth-order valence-corrected chi connectivity index (χ4v) is 2.99. The molecule has 0 aliphatic rings. The first-order valence-electron chi connectivity index (χ1n) is 9.90. The largest absolute Gasteiger partial charge is 0.503 e. The number of aliphatic hydroxyl groups excluding tert-OH is 1. The van der Waals surface area contributed by atoms with Crippen LogP contribution in [0.1, 0.15) is 32.9 Å². The number of rotatable bonds is 8. The fourth-order valence-electron chi connectivity index (χ4n) is 2.99. The minimum absolute atomic E-state index is 0.174. The molecule has 0 saturated heterocycles. The van der Waals surface area contributed by atoms with Gasteiger partial charge in [-0.2, -0.15) is 0 Å². The summed E-state index contributed by atoms with van der Waals surface area (Å²) < 4.78 is 0. The van der Waals surface area contributed by atoms with Gasteiger partial charge >= 0.3 is 0 Å². The van der Waals surface area contributed by atoms with Crippen LogP contribution in [0.3, 0.4) is 0 Å². The van der Waals surface area contributed by atoms with E-state index in [2.05, 4.69) is 32.7 Å². The van der Waals surface area contributed by atoms with Crippen molar-refractivity contribution in [3.05, 3.63) is 101 Å². The van der Waals surface area contributed by atoms with Gasteiger partial charge in [-0.3, -0.25) is 9.59 Å². The number of aliphatic hydroxyl groups is 1. The van der Waals surface area contributed by atoms with E-state index in [1.807, 2.05) is 18.2 Å². The summed E-state index contributed by atoms with van der Waals surface area (Å²) in [7, 11) is 1.56. The number of nitrogens with one attached hydrogen (secondary N) is 2. The molecule has 0 saturated carbocycles. The molecule has 31 heavy (non-hydrogen) atoms. The fraction of sp³-hybridized carbons (Fsp3) is 0.167. The van der Waals surface area contributed by atoms with E-state index in [0.717, 1.165) is 24.1 Å². The summed E-state index contributed by atoms with van der Waals surface area (Å²) in [5, 5.41) is 15.3. The predicted molar refractivity (Wildman–Crippen MR) is 118 cm³/mol. The Labute approximate surface area is 180 Å². The third-order valence-electron chi connectivity index (χ3n) is 4.64. The lowest BCUT2D eigenvalue weighted by molar-refractivity contribution is -0.119. The van der Waals surface area contributed by atoms with Gasteiger partial charge in [-0.05, 0) is 42.2 Å². The van der Waals surface area contributed by atoms with Crippen LogP contribution in [0.2, 0.25) is 0 Å². The maximum absolute atomic E-state index is 12.2. The number of amides is 2. The van der Waals surface area contributed by atoms with Gasteiger partial charge in [0.05, 0.1) is 5.69 Å². The van der Waals surface area contributed by atoms with Crippen molar-refractivity contribution < 1.29 is 14.7 Å². The molecule has 1 aromatic heterocycles. The average molecular weight is 416 g/mol. The number of hydrogen-bond acceptors (Lipinski definition) is 5. The summed E-state index contributed by atoms with van der Waals surface area (Å²) in [5.74, 6) is -1.28. The Bertz CT molecular complexity index is 1080. The van der Waals surface area contributed by atoms with Gasteiger partial charge in [0, 0.05) is 30.9 Å². The van der Waals surface area contributed by atoms with Crippen LogP contribution in [0.5, 0.6) is 0 Å². The highest BCUT2D eigenvalue weighted by Gasteiger charge is 2.10. The smallest absolute Gasteiger partial charge is 0.286 e. The summed E-state index contributed by atoms with van der Waals surface area (Å²) in [6.07, 6.45) is 4.29. The number of carbonyl (C=O) groups is 2. The van der Waals surface area contributed by atoms with Crippen LogP contribution in [0, 0.1) is 0 Å².